The fraction of sp³-hybridized carbons (Fsp3) is 0.385. The summed E-state index contributed by atoms with van der Waals surface area (Å²) in [6.45, 7) is 3.65. The van der Waals surface area contributed by atoms with Gasteiger partial charge in [0.15, 0.2) is 0 Å². The molecule has 1 aromatic heterocycles. The van der Waals surface area contributed by atoms with E-state index in [2.05, 4.69) is 15.5 Å². The molecule has 102 valence electrons. The van der Waals surface area contributed by atoms with Gasteiger partial charge in [-0.1, -0.05) is 17.2 Å². The Bertz CT molecular complexity index is 513. The summed E-state index contributed by atoms with van der Waals surface area (Å²) in [6, 6.07) is 8.32. The van der Waals surface area contributed by atoms with E-state index in [0.717, 1.165) is 5.75 Å². The molecule has 6 nitrogen and oxygen atoms in total. The van der Waals surface area contributed by atoms with Gasteiger partial charge < -0.3 is 20.2 Å². The molecule has 2 rings (SSSR count). The summed E-state index contributed by atoms with van der Waals surface area (Å²) in [6.07, 6.45) is 0.592. The lowest BCUT2D eigenvalue weighted by molar-refractivity contribution is 0.331. The van der Waals surface area contributed by atoms with Crippen molar-refractivity contribution in [3.05, 3.63) is 35.7 Å². The molecule has 6 heteroatoms. The van der Waals surface area contributed by atoms with E-state index in [-0.39, 0.29) is 0 Å². The minimum atomic E-state index is 0.399. The zero-order valence-corrected chi connectivity index (χ0v) is 10.9. The first-order valence-corrected chi connectivity index (χ1v) is 6.23. The van der Waals surface area contributed by atoms with Crippen LogP contribution in [-0.2, 0) is 6.42 Å². The summed E-state index contributed by atoms with van der Waals surface area (Å²) in [7, 11) is 0. The van der Waals surface area contributed by atoms with Crippen LogP contribution in [0.25, 0.3) is 0 Å². The number of aryl methyl sites for hydroxylation is 1. The average molecular weight is 262 g/mol. The highest BCUT2D eigenvalue weighted by Gasteiger charge is 2.03. The molecule has 0 atom stereocenters. The largest absolute Gasteiger partial charge is 0.492 e. The molecule has 0 fully saturated rings. The van der Waals surface area contributed by atoms with E-state index in [1.165, 1.54) is 5.56 Å². The van der Waals surface area contributed by atoms with E-state index in [9.17, 15) is 0 Å². The average Bonchev–Trinajstić information content (AvgIpc) is 2.83. The van der Waals surface area contributed by atoms with Crippen molar-refractivity contribution in [1.29, 1.82) is 0 Å². The highest BCUT2D eigenvalue weighted by molar-refractivity contribution is 5.27. The second-order valence-electron chi connectivity index (χ2n) is 4.13. The quantitative estimate of drug-likeness (QED) is 0.733. The van der Waals surface area contributed by atoms with Gasteiger partial charge in [0.25, 0.3) is 0 Å². The first kappa shape index (κ1) is 13.4. The molecule has 3 N–H and O–H groups in total. The number of nitrogens with one attached hydrogen (secondary N) is 1. The lowest BCUT2D eigenvalue weighted by Crippen LogP contribution is -2.11. The molecule has 2 aromatic rings. The fourth-order valence-electron chi connectivity index (χ4n) is 1.58. The molecule has 0 bridgehead atoms. The fourth-order valence-corrected chi connectivity index (χ4v) is 1.58. The molecule has 0 aliphatic heterocycles. The van der Waals surface area contributed by atoms with E-state index in [1.807, 2.05) is 31.2 Å². The van der Waals surface area contributed by atoms with E-state index in [0.29, 0.717) is 38.0 Å². The Morgan fingerprint density at radius 2 is 2.26 bits per heavy atom. The van der Waals surface area contributed by atoms with Crippen molar-refractivity contribution in [3.63, 3.8) is 0 Å². The highest BCUT2D eigenvalue weighted by Crippen LogP contribution is 2.12. The van der Waals surface area contributed by atoms with Gasteiger partial charge in [0.1, 0.15) is 12.4 Å². The van der Waals surface area contributed by atoms with Crippen molar-refractivity contribution in [1.82, 2.24) is 10.2 Å². The first-order valence-electron chi connectivity index (χ1n) is 6.23. The maximum absolute atomic E-state index is 5.59. The van der Waals surface area contributed by atoms with Crippen LogP contribution in [0.3, 0.4) is 0 Å². The summed E-state index contributed by atoms with van der Waals surface area (Å²) in [5, 5.41) is 10.7. The third-order valence-electron chi connectivity index (χ3n) is 2.46. The molecule has 0 radical (unpaired) electrons. The van der Waals surface area contributed by atoms with Gasteiger partial charge in [-0.05, 0) is 24.6 Å². The van der Waals surface area contributed by atoms with Crippen molar-refractivity contribution >= 4 is 6.01 Å². The second kappa shape index (κ2) is 6.75. The van der Waals surface area contributed by atoms with Gasteiger partial charge in [0.05, 0.1) is 6.54 Å². The Hall–Kier alpha value is -2.08. The number of aromatic nitrogens is 2. The van der Waals surface area contributed by atoms with Gasteiger partial charge in [0, 0.05) is 13.0 Å². The van der Waals surface area contributed by atoms with E-state index in [1.54, 1.807) is 0 Å². The summed E-state index contributed by atoms with van der Waals surface area (Å²) >= 11 is 0. The van der Waals surface area contributed by atoms with E-state index in [4.69, 9.17) is 14.9 Å². The van der Waals surface area contributed by atoms with Crippen LogP contribution in [-0.4, -0.2) is 29.9 Å². The summed E-state index contributed by atoms with van der Waals surface area (Å²) in [5.41, 5.74) is 6.57. The van der Waals surface area contributed by atoms with Gasteiger partial charge in [-0.2, -0.15) is 0 Å². The molecule has 19 heavy (non-hydrogen) atoms. The summed E-state index contributed by atoms with van der Waals surface area (Å²) in [4.78, 5) is 0. The maximum Gasteiger partial charge on any atom is 0.315 e. The van der Waals surface area contributed by atoms with Crippen LogP contribution in [0, 0.1) is 6.92 Å². The molecule has 0 spiro atoms. The minimum Gasteiger partial charge on any atom is -0.492 e. The lowest BCUT2D eigenvalue weighted by Gasteiger charge is -2.06. The Balaban J connectivity index is 1.71. The van der Waals surface area contributed by atoms with Crippen LogP contribution >= 0.6 is 0 Å². The van der Waals surface area contributed by atoms with Gasteiger partial charge >= 0.3 is 6.01 Å². The summed E-state index contributed by atoms with van der Waals surface area (Å²) in [5.74, 6) is 1.40. The number of hydrogen-bond donors (Lipinski definition) is 2. The Morgan fingerprint density at radius 1 is 1.37 bits per heavy atom. The highest BCUT2D eigenvalue weighted by atomic mass is 16.5. The topological polar surface area (TPSA) is 86.2 Å². The van der Waals surface area contributed by atoms with E-state index >= 15 is 0 Å². The molecule has 1 aromatic carbocycles. The smallest absolute Gasteiger partial charge is 0.315 e. The molecule has 0 saturated carbocycles. The van der Waals surface area contributed by atoms with Gasteiger partial charge in [0.2, 0.25) is 5.89 Å². The SMILES string of the molecule is Cc1cccc(OCCNc2nnc(CCN)o2)c1. The third kappa shape index (κ3) is 4.26. The molecule has 0 aliphatic rings. The molecule has 0 saturated heterocycles. The minimum absolute atomic E-state index is 0.399. The standard InChI is InChI=1S/C13H18N4O2/c1-10-3-2-4-11(9-10)18-8-7-15-13-17-16-12(19-13)5-6-14/h2-4,9H,5-8,14H2,1H3,(H,15,17). The number of benzene rings is 1. The Labute approximate surface area is 112 Å². The van der Waals surface area contributed by atoms with Crippen molar-refractivity contribution in [2.45, 2.75) is 13.3 Å². The number of nitrogens with two attached hydrogens (primary N) is 1. The van der Waals surface area contributed by atoms with Gasteiger partial charge in [-0.15, -0.1) is 5.10 Å². The van der Waals surface area contributed by atoms with Crippen molar-refractivity contribution in [3.8, 4) is 5.75 Å². The van der Waals surface area contributed by atoms with Crippen LogP contribution in [0.4, 0.5) is 6.01 Å². The van der Waals surface area contributed by atoms with Crippen LogP contribution in [0.1, 0.15) is 11.5 Å². The first-order chi connectivity index (χ1) is 9.28. The number of rotatable bonds is 7. The number of anilines is 1. The molecule has 0 aliphatic carbocycles. The lowest BCUT2D eigenvalue weighted by atomic mass is 10.2. The molecular formula is C13H18N4O2. The van der Waals surface area contributed by atoms with E-state index < -0.39 is 0 Å². The van der Waals surface area contributed by atoms with Gasteiger partial charge in [-0.3, -0.25) is 0 Å². The third-order valence-corrected chi connectivity index (χ3v) is 2.46. The molecular weight excluding hydrogens is 244 g/mol. The zero-order valence-electron chi connectivity index (χ0n) is 10.9. The predicted octanol–water partition coefficient (Wildman–Crippen LogP) is 1.37. The Morgan fingerprint density at radius 3 is 3.05 bits per heavy atom. The van der Waals surface area contributed by atoms with Crippen LogP contribution < -0.4 is 15.8 Å². The van der Waals surface area contributed by atoms with Gasteiger partial charge in [-0.25, -0.2) is 0 Å². The number of hydrogen-bond acceptors (Lipinski definition) is 6. The zero-order chi connectivity index (χ0) is 13.5. The van der Waals surface area contributed by atoms with Crippen molar-refractivity contribution in [2.75, 3.05) is 25.0 Å². The molecule has 0 amide bonds. The summed E-state index contributed by atoms with van der Waals surface area (Å²) < 4.78 is 10.9. The molecule has 1 heterocycles. The van der Waals surface area contributed by atoms with Crippen LogP contribution in [0.2, 0.25) is 0 Å². The monoisotopic (exact) mass is 262 g/mol. The second-order valence-corrected chi connectivity index (χ2v) is 4.13. The predicted molar refractivity (Wildman–Crippen MR) is 72.2 cm³/mol. The van der Waals surface area contributed by atoms with Crippen molar-refractivity contribution < 1.29 is 9.15 Å². The van der Waals surface area contributed by atoms with Crippen molar-refractivity contribution in [2.24, 2.45) is 5.73 Å². The number of ether oxygens (including phenoxy) is 1. The normalized spacial score (nSPS) is 10.4. The maximum atomic E-state index is 5.59. The van der Waals surface area contributed by atoms with Crippen LogP contribution in [0.15, 0.2) is 28.7 Å². The number of nitrogens with zero attached hydrogens (tertiary/aromatic N) is 2. The molecule has 0 unspecified atom stereocenters. The van der Waals surface area contributed by atoms with Crippen LogP contribution in [0.5, 0.6) is 5.75 Å². The Kier molecular flexibility index (Phi) is 4.74.